The van der Waals surface area contributed by atoms with Gasteiger partial charge in [-0.15, -0.1) is 10.2 Å². The van der Waals surface area contributed by atoms with Gasteiger partial charge in [-0.05, 0) is 80.4 Å². The lowest BCUT2D eigenvalue weighted by Gasteiger charge is -2.23. The summed E-state index contributed by atoms with van der Waals surface area (Å²) in [4.78, 5) is 28.6. The summed E-state index contributed by atoms with van der Waals surface area (Å²) in [6.07, 6.45) is 0. The Kier molecular flexibility index (Phi) is 10.1. The van der Waals surface area contributed by atoms with Crippen LogP contribution in [0.3, 0.4) is 0 Å². The molecule has 228 valence electrons. The number of benzene rings is 3. The second kappa shape index (κ2) is 14.1. The third kappa shape index (κ3) is 6.69. The van der Waals surface area contributed by atoms with E-state index >= 15 is 0 Å². The molecule has 3 aromatic carbocycles. The van der Waals surface area contributed by atoms with Gasteiger partial charge in [0.15, 0.2) is 15.8 Å². The topological polar surface area (TPSA) is 111 Å². The van der Waals surface area contributed by atoms with Gasteiger partial charge in [0.05, 0.1) is 31.4 Å². The molecule has 1 fully saturated rings. The van der Waals surface area contributed by atoms with Crippen LogP contribution in [0.4, 0.5) is 5.13 Å². The van der Waals surface area contributed by atoms with Gasteiger partial charge in [-0.25, -0.2) is 0 Å². The predicted molar refractivity (Wildman–Crippen MR) is 172 cm³/mol. The van der Waals surface area contributed by atoms with Gasteiger partial charge in [0.25, 0.3) is 5.78 Å². The van der Waals surface area contributed by atoms with Gasteiger partial charge in [-0.3, -0.25) is 14.5 Å². The smallest absolute Gasteiger partial charge is 0.301 e. The molecule has 2 heterocycles. The summed E-state index contributed by atoms with van der Waals surface area (Å²) in [6, 6.07) is 18.4. The van der Waals surface area contributed by atoms with Crippen LogP contribution in [-0.2, 0) is 15.3 Å². The number of anilines is 1. The van der Waals surface area contributed by atoms with E-state index in [4.69, 9.17) is 25.8 Å². The number of aliphatic hydroxyl groups excluding tert-OH is 1. The molecule has 1 aliphatic rings. The summed E-state index contributed by atoms with van der Waals surface area (Å²) in [5.41, 5.74) is 1.87. The number of hydrogen-bond acceptors (Lipinski definition) is 10. The number of hydrogen-bond donors (Lipinski definition) is 1. The molecule has 1 saturated heterocycles. The lowest BCUT2D eigenvalue weighted by Crippen LogP contribution is -2.29. The first-order chi connectivity index (χ1) is 21.3. The Hall–Kier alpha value is -4.06. The number of aromatic nitrogens is 2. The summed E-state index contributed by atoms with van der Waals surface area (Å²) in [5.74, 6) is 0.244. The van der Waals surface area contributed by atoms with Crippen molar-refractivity contribution in [2.75, 3.05) is 24.7 Å². The standard InChI is InChI=1S/C32H30ClN3O6S2/c1-4-40-23-14-9-20(10-15-23)28(37)26-27(21-11-16-24(41-5-2)25(17-21)42-6-3)36(30(39)29(26)38)31-34-35-32(44-31)43-18-19-7-12-22(33)13-8-19/h7-17,27,37H,4-6,18H2,1-3H3/b28-26+. The number of halogens is 1. The molecule has 0 radical (unpaired) electrons. The number of ketones is 1. The Balaban J connectivity index is 1.57. The van der Waals surface area contributed by atoms with E-state index in [2.05, 4.69) is 10.2 Å². The zero-order chi connectivity index (χ0) is 31.2. The van der Waals surface area contributed by atoms with Crippen molar-refractivity contribution < 1.29 is 28.9 Å². The highest BCUT2D eigenvalue weighted by molar-refractivity contribution is 8.00. The lowest BCUT2D eigenvalue weighted by molar-refractivity contribution is -0.132. The summed E-state index contributed by atoms with van der Waals surface area (Å²) in [7, 11) is 0. The average molecular weight is 652 g/mol. The number of carbonyl (C=O) groups excluding carboxylic acids is 2. The van der Waals surface area contributed by atoms with Gasteiger partial charge < -0.3 is 19.3 Å². The normalized spacial score (nSPS) is 15.9. The monoisotopic (exact) mass is 651 g/mol. The van der Waals surface area contributed by atoms with Crippen LogP contribution >= 0.6 is 34.7 Å². The fourth-order valence-corrected chi connectivity index (χ4v) is 6.65. The van der Waals surface area contributed by atoms with Crippen molar-refractivity contribution in [1.82, 2.24) is 10.2 Å². The summed E-state index contributed by atoms with van der Waals surface area (Å²) >= 11 is 8.65. The molecule has 1 amide bonds. The van der Waals surface area contributed by atoms with Crippen molar-refractivity contribution in [3.8, 4) is 17.2 Å². The largest absolute Gasteiger partial charge is 0.507 e. The molecule has 1 unspecified atom stereocenters. The van der Waals surface area contributed by atoms with Gasteiger partial charge >= 0.3 is 5.91 Å². The van der Waals surface area contributed by atoms with E-state index in [0.29, 0.717) is 63.3 Å². The van der Waals surface area contributed by atoms with Gasteiger partial charge in [-0.2, -0.15) is 0 Å². The van der Waals surface area contributed by atoms with Gasteiger partial charge in [0, 0.05) is 16.3 Å². The third-order valence-electron chi connectivity index (χ3n) is 6.64. The lowest BCUT2D eigenvalue weighted by atomic mass is 9.95. The molecule has 12 heteroatoms. The van der Waals surface area contributed by atoms with E-state index in [0.717, 1.165) is 5.56 Å². The molecule has 0 bridgehead atoms. The first kappa shape index (κ1) is 31.4. The van der Waals surface area contributed by atoms with Crippen LogP contribution in [0.1, 0.15) is 43.5 Å². The molecule has 0 aliphatic carbocycles. The van der Waals surface area contributed by atoms with Crippen molar-refractivity contribution in [2.24, 2.45) is 0 Å². The maximum atomic E-state index is 13.7. The van der Waals surface area contributed by atoms with Crippen LogP contribution in [0, 0.1) is 0 Å². The summed E-state index contributed by atoms with van der Waals surface area (Å²) in [5, 5.41) is 21.0. The van der Waals surface area contributed by atoms with E-state index in [-0.39, 0.29) is 16.5 Å². The van der Waals surface area contributed by atoms with Crippen LogP contribution in [0.15, 0.2) is 76.6 Å². The number of thioether (sulfide) groups is 1. The van der Waals surface area contributed by atoms with Gasteiger partial charge in [0.2, 0.25) is 5.13 Å². The van der Waals surface area contributed by atoms with Crippen LogP contribution < -0.4 is 19.1 Å². The van der Waals surface area contributed by atoms with Crippen LogP contribution in [0.25, 0.3) is 5.76 Å². The minimum absolute atomic E-state index is 0.0728. The summed E-state index contributed by atoms with van der Waals surface area (Å²) < 4.78 is 17.7. The molecule has 9 nitrogen and oxygen atoms in total. The maximum Gasteiger partial charge on any atom is 0.301 e. The quantitative estimate of drug-likeness (QED) is 0.0554. The number of Topliss-reactive ketones (excluding diaryl/α,β-unsaturated/α-hetero) is 1. The van der Waals surface area contributed by atoms with Crippen LogP contribution in [0.2, 0.25) is 5.02 Å². The highest BCUT2D eigenvalue weighted by atomic mass is 35.5. The molecule has 5 rings (SSSR count). The Labute approximate surface area is 268 Å². The highest BCUT2D eigenvalue weighted by Gasteiger charge is 2.48. The van der Waals surface area contributed by atoms with E-state index in [9.17, 15) is 14.7 Å². The summed E-state index contributed by atoms with van der Waals surface area (Å²) in [6.45, 7) is 6.88. The zero-order valence-electron chi connectivity index (χ0n) is 24.3. The molecular weight excluding hydrogens is 622 g/mol. The number of carbonyl (C=O) groups is 2. The SMILES string of the molecule is CCOc1ccc(/C(O)=C2\C(=O)C(=O)N(c3nnc(SCc4ccc(Cl)cc4)s3)C2c2ccc(OCC)c(OCC)c2)cc1. The highest BCUT2D eigenvalue weighted by Crippen LogP contribution is 2.45. The van der Waals surface area contributed by atoms with Crippen molar-refractivity contribution in [3.05, 3.63) is 94.0 Å². The van der Waals surface area contributed by atoms with E-state index < -0.39 is 17.7 Å². The molecule has 0 spiro atoms. The number of aliphatic hydroxyl groups is 1. The van der Waals surface area contributed by atoms with E-state index in [1.807, 2.05) is 45.0 Å². The van der Waals surface area contributed by atoms with E-state index in [1.54, 1.807) is 42.5 Å². The molecule has 1 atom stereocenters. The Morgan fingerprint density at radius 2 is 1.59 bits per heavy atom. The first-order valence-corrected chi connectivity index (χ1v) is 16.2. The van der Waals surface area contributed by atoms with Crippen molar-refractivity contribution in [1.29, 1.82) is 0 Å². The van der Waals surface area contributed by atoms with E-state index in [1.165, 1.54) is 28.0 Å². The first-order valence-electron chi connectivity index (χ1n) is 14.0. The number of nitrogens with zero attached hydrogens (tertiary/aromatic N) is 3. The predicted octanol–water partition coefficient (Wildman–Crippen LogP) is 7.31. The average Bonchev–Trinajstić information content (AvgIpc) is 3.60. The van der Waals surface area contributed by atoms with Gasteiger partial charge in [0.1, 0.15) is 11.5 Å². The number of rotatable bonds is 12. The molecule has 1 N–H and O–H groups in total. The molecule has 1 aromatic heterocycles. The van der Waals surface area contributed by atoms with Crippen molar-refractivity contribution in [2.45, 2.75) is 36.9 Å². The van der Waals surface area contributed by atoms with Crippen LogP contribution in [0.5, 0.6) is 17.2 Å². The second-order valence-electron chi connectivity index (χ2n) is 9.46. The second-order valence-corrected chi connectivity index (χ2v) is 12.1. The zero-order valence-corrected chi connectivity index (χ0v) is 26.7. The molecule has 1 aliphatic heterocycles. The molecule has 0 saturated carbocycles. The minimum Gasteiger partial charge on any atom is -0.507 e. The third-order valence-corrected chi connectivity index (χ3v) is 9.02. The van der Waals surface area contributed by atoms with Crippen molar-refractivity contribution in [3.63, 3.8) is 0 Å². The fraction of sp³-hybridized carbons (Fsp3) is 0.250. The fourth-order valence-electron chi connectivity index (χ4n) is 4.70. The Morgan fingerprint density at radius 3 is 2.27 bits per heavy atom. The molecular formula is C32H30ClN3O6S2. The Morgan fingerprint density at radius 1 is 0.909 bits per heavy atom. The van der Waals surface area contributed by atoms with Crippen LogP contribution in [-0.4, -0.2) is 46.8 Å². The van der Waals surface area contributed by atoms with Crippen molar-refractivity contribution >= 4 is 57.3 Å². The maximum absolute atomic E-state index is 13.7. The number of amides is 1. The molecule has 44 heavy (non-hydrogen) atoms. The minimum atomic E-state index is -1.00. The molecule has 4 aromatic rings. The van der Waals surface area contributed by atoms with Gasteiger partial charge in [-0.1, -0.05) is 52.9 Å². The Bertz CT molecular complexity index is 1670. The number of ether oxygens (including phenoxy) is 3.